The van der Waals surface area contributed by atoms with E-state index >= 15 is 0 Å². The van der Waals surface area contributed by atoms with Gasteiger partial charge in [0.2, 0.25) is 5.91 Å². The van der Waals surface area contributed by atoms with E-state index in [1.165, 1.54) is 0 Å². The molecular weight excluding hydrogens is 286 g/mol. The Morgan fingerprint density at radius 3 is 2.43 bits per heavy atom. The monoisotopic (exact) mass is 307 g/mol. The molecule has 2 rings (SSSR count). The first kappa shape index (κ1) is 16.1. The first-order valence-electron chi connectivity index (χ1n) is 7.38. The summed E-state index contributed by atoms with van der Waals surface area (Å²) in [5.41, 5.74) is 1.68. The lowest BCUT2D eigenvalue weighted by Crippen LogP contribution is -2.40. The van der Waals surface area contributed by atoms with Gasteiger partial charge in [-0.25, -0.2) is 0 Å². The van der Waals surface area contributed by atoms with E-state index in [1.54, 1.807) is 12.1 Å². The van der Waals surface area contributed by atoms with Gasteiger partial charge in [-0.2, -0.15) is 0 Å². The zero-order valence-corrected chi connectivity index (χ0v) is 13.3. The molecule has 0 spiro atoms. The number of aliphatic hydroxyl groups excluding tert-OH is 1. The van der Waals surface area contributed by atoms with Gasteiger partial charge in [-0.1, -0.05) is 29.8 Å². The summed E-state index contributed by atoms with van der Waals surface area (Å²) < 4.78 is 0. The number of halogens is 1. The molecule has 3 nitrogen and oxygen atoms in total. The molecule has 1 N–H and O–H groups in total. The van der Waals surface area contributed by atoms with Crippen molar-refractivity contribution in [1.29, 1.82) is 0 Å². The summed E-state index contributed by atoms with van der Waals surface area (Å²) in [6.45, 7) is 5.14. The zero-order chi connectivity index (χ0) is 15.4. The summed E-state index contributed by atoms with van der Waals surface area (Å²) in [6.07, 6.45) is 3.01. The molecule has 1 unspecified atom stereocenters. The van der Waals surface area contributed by atoms with Gasteiger partial charge in [0.1, 0.15) is 0 Å². The Labute approximate surface area is 131 Å². The van der Waals surface area contributed by atoms with Crippen LogP contribution in [0.2, 0.25) is 5.02 Å². The average Bonchev–Trinajstić information content (AvgIpc) is 2.53. The van der Waals surface area contributed by atoms with Crippen molar-refractivity contribution in [2.45, 2.75) is 32.8 Å². The topological polar surface area (TPSA) is 40.5 Å². The third-order valence-corrected chi connectivity index (χ3v) is 4.51. The van der Waals surface area contributed by atoms with Crippen molar-refractivity contribution in [2.75, 3.05) is 13.1 Å². The minimum atomic E-state index is -0.484. The molecule has 114 valence electrons. The second kappa shape index (κ2) is 7.10. The quantitative estimate of drug-likeness (QED) is 0.867. The second-order valence-corrected chi connectivity index (χ2v) is 6.03. The lowest BCUT2D eigenvalue weighted by molar-refractivity contribution is -0.129. The van der Waals surface area contributed by atoms with E-state index in [0.29, 0.717) is 18.1 Å². The number of aliphatic hydroxyl groups is 1. The van der Waals surface area contributed by atoms with Crippen LogP contribution in [-0.4, -0.2) is 29.0 Å². The number of nitrogens with zero attached hydrogens (tertiary/aromatic N) is 1. The summed E-state index contributed by atoms with van der Waals surface area (Å²) in [7, 11) is 0. The number of benzene rings is 1. The van der Waals surface area contributed by atoms with E-state index in [9.17, 15) is 9.90 Å². The molecule has 1 heterocycles. The number of hydrogen-bond donors (Lipinski definition) is 1. The van der Waals surface area contributed by atoms with Crippen LogP contribution >= 0.6 is 11.6 Å². The van der Waals surface area contributed by atoms with Crippen LogP contribution in [-0.2, 0) is 4.79 Å². The highest BCUT2D eigenvalue weighted by Gasteiger charge is 2.28. The Kier molecular flexibility index (Phi) is 5.43. The molecule has 1 aliphatic rings. The molecule has 0 bridgehead atoms. The molecule has 1 saturated heterocycles. The normalized spacial score (nSPS) is 18.7. The molecule has 1 aromatic carbocycles. The third-order valence-electron chi connectivity index (χ3n) is 4.26. The van der Waals surface area contributed by atoms with Gasteiger partial charge in [0.25, 0.3) is 0 Å². The number of rotatable bonds is 3. The third kappa shape index (κ3) is 3.86. The van der Waals surface area contributed by atoms with Crippen LogP contribution in [0.15, 0.2) is 35.9 Å². The van der Waals surface area contributed by atoms with Gasteiger partial charge in [0.15, 0.2) is 0 Å². The van der Waals surface area contributed by atoms with Gasteiger partial charge >= 0.3 is 0 Å². The van der Waals surface area contributed by atoms with Gasteiger partial charge in [-0.3, -0.25) is 4.79 Å². The SMILES string of the molecule is CC=C(C)C(=O)N1CCC(C(O)c2ccc(Cl)cc2)CC1. The van der Waals surface area contributed by atoms with Crippen LogP contribution in [0.4, 0.5) is 0 Å². The summed E-state index contributed by atoms with van der Waals surface area (Å²) in [6, 6.07) is 7.34. The van der Waals surface area contributed by atoms with Crippen molar-refractivity contribution in [3.05, 3.63) is 46.5 Å². The molecule has 21 heavy (non-hydrogen) atoms. The summed E-state index contributed by atoms with van der Waals surface area (Å²) >= 11 is 5.87. The number of carbonyl (C=O) groups is 1. The number of allylic oxidation sites excluding steroid dienone is 1. The van der Waals surface area contributed by atoms with Crippen molar-refractivity contribution >= 4 is 17.5 Å². The molecule has 0 radical (unpaired) electrons. The van der Waals surface area contributed by atoms with Crippen molar-refractivity contribution in [1.82, 2.24) is 4.90 Å². The summed E-state index contributed by atoms with van der Waals surface area (Å²) in [4.78, 5) is 14.0. The van der Waals surface area contributed by atoms with E-state index in [1.807, 2.05) is 37.0 Å². The fraction of sp³-hybridized carbons (Fsp3) is 0.471. The Morgan fingerprint density at radius 1 is 1.33 bits per heavy atom. The van der Waals surface area contributed by atoms with E-state index < -0.39 is 6.10 Å². The van der Waals surface area contributed by atoms with Gasteiger partial charge in [-0.15, -0.1) is 0 Å². The largest absolute Gasteiger partial charge is 0.388 e. The predicted octanol–water partition coefficient (Wildman–Crippen LogP) is 3.58. The van der Waals surface area contributed by atoms with Crippen LogP contribution in [0.3, 0.4) is 0 Å². The maximum absolute atomic E-state index is 12.1. The molecule has 0 aromatic heterocycles. The van der Waals surface area contributed by atoms with Crippen LogP contribution in [0.1, 0.15) is 38.4 Å². The fourth-order valence-corrected chi connectivity index (χ4v) is 2.85. The molecule has 4 heteroatoms. The van der Waals surface area contributed by atoms with Gasteiger partial charge in [0, 0.05) is 23.7 Å². The van der Waals surface area contributed by atoms with Crippen LogP contribution in [0.25, 0.3) is 0 Å². The van der Waals surface area contributed by atoms with Gasteiger partial charge in [-0.05, 0) is 50.3 Å². The highest BCUT2D eigenvalue weighted by atomic mass is 35.5. The van der Waals surface area contributed by atoms with Crippen LogP contribution in [0.5, 0.6) is 0 Å². The zero-order valence-electron chi connectivity index (χ0n) is 12.6. The van der Waals surface area contributed by atoms with Crippen molar-refractivity contribution in [2.24, 2.45) is 5.92 Å². The highest BCUT2D eigenvalue weighted by molar-refractivity contribution is 6.30. The summed E-state index contributed by atoms with van der Waals surface area (Å²) in [5, 5.41) is 11.1. The van der Waals surface area contributed by atoms with E-state index in [-0.39, 0.29) is 11.8 Å². The standard InChI is InChI=1S/C17H22ClNO2/c1-3-12(2)17(21)19-10-8-14(9-11-19)16(20)13-4-6-15(18)7-5-13/h3-7,14,16,20H,8-11H2,1-2H3. The number of likely N-dealkylation sites (tertiary alicyclic amines) is 1. The number of piperidine rings is 1. The molecule has 1 aliphatic heterocycles. The molecule has 0 aliphatic carbocycles. The molecule has 1 atom stereocenters. The molecule has 1 amide bonds. The second-order valence-electron chi connectivity index (χ2n) is 5.60. The molecule has 1 aromatic rings. The lowest BCUT2D eigenvalue weighted by Gasteiger charge is -2.34. The lowest BCUT2D eigenvalue weighted by atomic mass is 9.87. The van der Waals surface area contributed by atoms with Crippen molar-refractivity contribution in [3.63, 3.8) is 0 Å². The maximum atomic E-state index is 12.1. The van der Waals surface area contributed by atoms with Crippen molar-refractivity contribution < 1.29 is 9.90 Å². The van der Waals surface area contributed by atoms with Gasteiger partial charge in [0.05, 0.1) is 6.10 Å². The average molecular weight is 308 g/mol. The molecule has 1 fully saturated rings. The Hall–Kier alpha value is -1.32. The van der Waals surface area contributed by atoms with Crippen molar-refractivity contribution in [3.8, 4) is 0 Å². The first-order valence-corrected chi connectivity index (χ1v) is 7.76. The fourth-order valence-electron chi connectivity index (χ4n) is 2.72. The first-order chi connectivity index (χ1) is 10.0. The smallest absolute Gasteiger partial charge is 0.249 e. The number of hydrogen-bond acceptors (Lipinski definition) is 2. The number of carbonyl (C=O) groups excluding carboxylic acids is 1. The molecule has 0 saturated carbocycles. The van der Waals surface area contributed by atoms with E-state index in [4.69, 9.17) is 11.6 Å². The van der Waals surface area contributed by atoms with Crippen LogP contribution in [0, 0.1) is 5.92 Å². The van der Waals surface area contributed by atoms with Crippen LogP contribution < -0.4 is 0 Å². The minimum absolute atomic E-state index is 0.108. The molecular formula is C17H22ClNO2. The Bertz CT molecular complexity index is 516. The van der Waals surface area contributed by atoms with Gasteiger partial charge < -0.3 is 10.0 Å². The highest BCUT2D eigenvalue weighted by Crippen LogP contribution is 2.31. The maximum Gasteiger partial charge on any atom is 0.249 e. The van der Waals surface area contributed by atoms with E-state index in [0.717, 1.165) is 24.0 Å². The minimum Gasteiger partial charge on any atom is -0.388 e. The summed E-state index contributed by atoms with van der Waals surface area (Å²) in [5.74, 6) is 0.304. The Balaban J connectivity index is 1.94. The number of amides is 1. The van der Waals surface area contributed by atoms with E-state index in [2.05, 4.69) is 0 Å². The predicted molar refractivity (Wildman–Crippen MR) is 85.1 cm³/mol. The Morgan fingerprint density at radius 2 is 1.90 bits per heavy atom.